The average Bonchev–Trinajstić information content (AvgIpc) is 3.19. The first kappa shape index (κ1) is 24.4. The van der Waals surface area contributed by atoms with Gasteiger partial charge in [-0.3, -0.25) is 9.59 Å². The van der Waals surface area contributed by atoms with E-state index >= 15 is 0 Å². The summed E-state index contributed by atoms with van der Waals surface area (Å²) in [5.41, 5.74) is 11.4. The van der Waals surface area contributed by atoms with E-state index in [0.29, 0.717) is 12.2 Å². The van der Waals surface area contributed by atoms with Crippen molar-refractivity contribution in [1.82, 2.24) is 14.5 Å². The van der Waals surface area contributed by atoms with Gasteiger partial charge in [0, 0.05) is 46.2 Å². The second-order valence-electron chi connectivity index (χ2n) is 8.04. The zero-order valence-corrected chi connectivity index (χ0v) is 20.7. The molecule has 0 saturated heterocycles. The molecule has 5 rings (SSSR count). The van der Waals surface area contributed by atoms with Crippen molar-refractivity contribution in [2.75, 3.05) is 6.54 Å². The van der Waals surface area contributed by atoms with Crippen molar-refractivity contribution in [2.45, 2.75) is 19.9 Å². The van der Waals surface area contributed by atoms with Crippen LogP contribution in [0.1, 0.15) is 13.3 Å². The standard InChI is InChI=1S/C25H21BrN4O.C2H4O2/c26-17-10-11-22-19(14-17)20(15-30(22)13-5-12-27)24-25(31)28-21-9-4-8-18(23(21)29-24)16-6-2-1-3-7-16;1-2(3)4/h1-4,6-11,14-15H,5,12-13,27H2,(H,28,31);1H3,(H,3,4). The number of nitrogens with zero attached hydrogens (tertiary/aromatic N) is 2. The van der Waals surface area contributed by atoms with Crippen LogP contribution in [0.2, 0.25) is 0 Å². The molecule has 4 N–H and O–H groups in total. The van der Waals surface area contributed by atoms with Gasteiger partial charge >= 0.3 is 0 Å². The second kappa shape index (κ2) is 10.7. The minimum absolute atomic E-state index is 0.199. The van der Waals surface area contributed by atoms with E-state index in [0.717, 1.165) is 63.0 Å². The highest BCUT2D eigenvalue weighted by molar-refractivity contribution is 9.10. The minimum atomic E-state index is -0.833. The van der Waals surface area contributed by atoms with Crippen LogP contribution >= 0.6 is 15.9 Å². The molecule has 5 aromatic rings. The zero-order chi connectivity index (χ0) is 24.9. The lowest BCUT2D eigenvalue weighted by Crippen LogP contribution is -2.11. The molecule has 0 spiro atoms. The van der Waals surface area contributed by atoms with Crippen LogP contribution < -0.4 is 11.3 Å². The fourth-order valence-corrected chi connectivity index (χ4v) is 4.41. The van der Waals surface area contributed by atoms with Gasteiger partial charge in [-0.05, 0) is 42.8 Å². The molecule has 0 bridgehead atoms. The number of aliphatic carboxylic acids is 1. The number of hydrogen-bond donors (Lipinski definition) is 3. The topological polar surface area (TPSA) is 114 Å². The Balaban J connectivity index is 0.000000672. The number of carbonyl (C=O) groups is 1. The number of aromatic amines is 1. The number of para-hydroxylation sites is 1. The molecule has 0 fully saturated rings. The van der Waals surface area contributed by atoms with E-state index in [9.17, 15) is 4.79 Å². The van der Waals surface area contributed by atoms with Crippen LogP contribution in [0.4, 0.5) is 0 Å². The number of halogens is 1. The third-order valence-corrected chi connectivity index (χ3v) is 6.00. The third-order valence-electron chi connectivity index (χ3n) is 5.51. The summed E-state index contributed by atoms with van der Waals surface area (Å²) in [4.78, 5) is 30.0. The highest BCUT2D eigenvalue weighted by Crippen LogP contribution is 2.32. The Morgan fingerprint density at radius 1 is 1.09 bits per heavy atom. The maximum Gasteiger partial charge on any atom is 0.300 e. The van der Waals surface area contributed by atoms with Gasteiger partial charge in [0.05, 0.1) is 11.0 Å². The molecule has 178 valence electrons. The predicted molar refractivity (Wildman–Crippen MR) is 143 cm³/mol. The number of aryl methyl sites for hydroxylation is 1. The van der Waals surface area contributed by atoms with Crippen LogP contribution in [0.5, 0.6) is 0 Å². The molecule has 7 nitrogen and oxygen atoms in total. The number of benzene rings is 3. The molecule has 2 aromatic heterocycles. The smallest absolute Gasteiger partial charge is 0.300 e. The van der Waals surface area contributed by atoms with Crippen molar-refractivity contribution >= 4 is 43.8 Å². The number of aromatic nitrogens is 3. The van der Waals surface area contributed by atoms with Crippen molar-refractivity contribution in [2.24, 2.45) is 5.73 Å². The van der Waals surface area contributed by atoms with Gasteiger partial charge in [-0.1, -0.05) is 58.4 Å². The third kappa shape index (κ3) is 5.34. The normalized spacial score (nSPS) is 10.8. The Kier molecular flexibility index (Phi) is 7.43. The summed E-state index contributed by atoms with van der Waals surface area (Å²) in [5, 5.41) is 8.40. The zero-order valence-electron chi connectivity index (χ0n) is 19.2. The lowest BCUT2D eigenvalue weighted by Gasteiger charge is -2.08. The van der Waals surface area contributed by atoms with E-state index in [1.807, 2.05) is 54.7 Å². The van der Waals surface area contributed by atoms with E-state index in [1.165, 1.54) is 0 Å². The highest BCUT2D eigenvalue weighted by Gasteiger charge is 2.17. The fourth-order valence-electron chi connectivity index (χ4n) is 4.05. The number of carboxylic acids is 1. The van der Waals surface area contributed by atoms with E-state index in [4.69, 9.17) is 20.6 Å². The second-order valence-corrected chi connectivity index (χ2v) is 8.96. The maximum absolute atomic E-state index is 13.1. The van der Waals surface area contributed by atoms with Gasteiger partial charge in [0.1, 0.15) is 5.69 Å². The van der Waals surface area contributed by atoms with Gasteiger partial charge in [-0.25, -0.2) is 4.98 Å². The summed E-state index contributed by atoms with van der Waals surface area (Å²) >= 11 is 3.57. The van der Waals surface area contributed by atoms with Crippen molar-refractivity contribution in [3.05, 3.63) is 87.8 Å². The molecule has 0 amide bonds. The monoisotopic (exact) mass is 532 g/mol. The highest BCUT2D eigenvalue weighted by atomic mass is 79.9. The predicted octanol–water partition coefficient (Wildman–Crippen LogP) is 5.41. The number of nitrogens with two attached hydrogens (primary N) is 1. The maximum atomic E-state index is 13.1. The van der Waals surface area contributed by atoms with Gasteiger partial charge in [-0.15, -0.1) is 0 Å². The number of hydrogen-bond acceptors (Lipinski definition) is 4. The Morgan fingerprint density at radius 3 is 2.54 bits per heavy atom. The Morgan fingerprint density at radius 2 is 1.83 bits per heavy atom. The molecule has 0 saturated carbocycles. The lowest BCUT2D eigenvalue weighted by atomic mass is 10.0. The van der Waals surface area contributed by atoms with Crippen LogP contribution in [0.3, 0.4) is 0 Å². The van der Waals surface area contributed by atoms with E-state index in [1.54, 1.807) is 0 Å². The first-order valence-electron chi connectivity index (χ1n) is 11.2. The summed E-state index contributed by atoms with van der Waals surface area (Å²) in [5.74, 6) is -0.833. The van der Waals surface area contributed by atoms with Gasteiger partial charge in [0.15, 0.2) is 0 Å². The average molecular weight is 533 g/mol. The molecule has 0 aliphatic carbocycles. The van der Waals surface area contributed by atoms with Crippen LogP contribution in [0, 0.1) is 0 Å². The van der Waals surface area contributed by atoms with Crippen molar-refractivity contribution in [1.29, 1.82) is 0 Å². The Hall–Kier alpha value is -3.75. The number of rotatable bonds is 5. The molecular formula is C27H25BrN4O3. The molecule has 0 aliphatic rings. The molecule has 2 heterocycles. The molecule has 0 atom stereocenters. The molecule has 0 aliphatic heterocycles. The molecule has 8 heteroatoms. The minimum Gasteiger partial charge on any atom is -0.481 e. The van der Waals surface area contributed by atoms with Gasteiger partial charge in [0.25, 0.3) is 11.5 Å². The van der Waals surface area contributed by atoms with Gasteiger partial charge in [0.2, 0.25) is 0 Å². The SMILES string of the molecule is CC(=O)O.NCCCn1cc(-c2nc3c(-c4ccccc4)cccc3[nH]c2=O)c2cc(Br)ccc21. The van der Waals surface area contributed by atoms with E-state index in [-0.39, 0.29) is 5.56 Å². The van der Waals surface area contributed by atoms with Gasteiger partial charge in [-0.2, -0.15) is 0 Å². The van der Waals surface area contributed by atoms with Crippen molar-refractivity contribution in [3.8, 4) is 22.4 Å². The summed E-state index contributed by atoms with van der Waals surface area (Å²) in [6.45, 7) is 2.48. The Bertz CT molecular complexity index is 1550. The Labute approximate surface area is 210 Å². The molecule has 3 aromatic carbocycles. The van der Waals surface area contributed by atoms with Crippen LogP contribution in [0.25, 0.3) is 44.3 Å². The lowest BCUT2D eigenvalue weighted by molar-refractivity contribution is -0.134. The van der Waals surface area contributed by atoms with Crippen LogP contribution in [-0.2, 0) is 11.3 Å². The number of carboxylic acid groups (broad SMARTS) is 1. The first-order chi connectivity index (χ1) is 16.9. The summed E-state index contributed by atoms with van der Waals surface area (Å²) in [6.07, 6.45) is 2.88. The molecule has 0 radical (unpaired) electrons. The summed E-state index contributed by atoms with van der Waals surface area (Å²) in [7, 11) is 0. The number of H-pyrrole nitrogens is 1. The molecule has 35 heavy (non-hydrogen) atoms. The van der Waals surface area contributed by atoms with Crippen LogP contribution in [0.15, 0.2) is 82.2 Å². The van der Waals surface area contributed by atoms with E-state index in [2.05, 4.69) is 43.7 Å². The van der Waals surface area contributed by atoms with Crippen LogP contribution in [-0.4, -0.2) is 32.2 Å². The van der Waals surface area contributed by atoms with Crippen molar-refractivity contribution in [3.63, 3.8) is 0 Å². The number of nitrogens with one attached hydrogen (secondary N) is 1. The molecule has 0 unspecified atom stereocenters. The number of fused-ring (bicyclic) bond motifs is 2. The van der Waals surface area contributed by atoms with E-state index < -0.39 is 5.97 Å². The molecular weight excluding hydrogens is 508 g/mol. The fraction of sp³-hybridized carbons (Fsp3) is 0.148. The first-order valence-corrected chi connectivity index (χ1v) is 11.9. The van der Waals surface area contributed by atoms with Gasteiger partial charge < -0.3 is 20.4 Å². The van der Waals surface area contributed by atoms with Crippen molar-refractivity contribution < 1.29 is 9.90 Å². The summed E-state index contributed by atoms with van der Waals surface area (Å²) in [6, 6.07) is 22.1. The largest absolute Gasteiger partial charge is 0.481 e. The quantitative estimate of drug-likeness (QED) is 0.280. The summed E-state index contributed by atoms with van der Waals surface area (Å²) < 4.78 is 3.11.